The number of hydrogen-bond acceptors (Lipinski definition) is 2. The fourth-order valence-corrected chi connectivity index (χ4v) is 3.08. The molecule has 0 radical (unpaired) electrons. The number of fused-ring (bicyclic) bond motifs is 5. The molecule has 2 aromatic heterocycles. The molecule has 4 rings (SSSR count). The van der Waals surface area contributed by atoms with Crippen LogP contribution in [0.25, 0.3) is 32.3 Å². The van der Waals surface area contributed by atoms with Gasteiger partial charge < -0.3 is 9.97 Å². The lowest BCUT2D eigenvalue weighted by molar-refractivity contribution is 1.33. The third kappa shape index (κ3) is 1.69. The van der Waals surface area contributed by atoms with Gasteiger partial charge in [-0.25, -0.2) is 0 Å². The summed E-state index contributed by atoms with van der Waals surface area (Å²) in [6, 6.07) is 12.5. The van der Waals surface area contributed by atoms with E-state index in [9.17, 15) is 0 Å². The maximum atomic E-state index is 5.18. The Balaban J connectivity index is 2.27. The molecule has 2 nitrogen and oxygen atoms in total. The predicted molar refractivity (Wildman–Crippen MR) is 89.3 cm³/mol. The highest BCUT2D eigenvalue weighted by Crippen LogP contribution is 2.30. The molecule has 0 aliphatic carbocycles. The van der Waals surface area contributed by atoms with Gasteiger partial charge in [-0.2, -0.15) is 0 Å². The lowest BCUT2D eigenvalue weighted by Gasteiger charge is -2.07. The second-order valence-electron chi connectivity index (χ2n) is 4.83. The van der Waals surface area contributed by atoms with Crippen LogP contribution in [-0.2, 0) is 0 Å². The second-order valence-corrected chi connectivity index (χ2v) is 5.71. The lowest BCUT2D eigenvalue weighted by atomic mass is 9.99. The minimum absolute atomic E-state index is 0.752. The molecular weight excluding hydrogens is 284 g/mol. The normalized spacial score (nSPS) is 11.4. The Labute approximate surface area is 125 Å². The molecule has 0 aliphatic rings. The Morgan fingerprint density at radius 2 is 1.05 bits per heavy atom. The molecule has 96 valence electrons. The number of aromatic amines is 2. The first-order chi connectivity index (χ1) is 9.72. The van der Waals surface area contributed by atoms with Gasteiger partial charge in [0.2, 0.25) is 0 Å². The van der Waals surface area contributed by atoms with Crippen LogP contribution < -0.4 is 0 Å². The second kappa shape index (κ2) is 4.23. The monoisotopic (exact) mass is 294 g/mol. The van der Waals surface area contributed by atoms with Gasteiger partial charge in [0, 0.05) is 23.2 Å². The summed E-state index contributed by atoms with van der Waals surface area (Å²) in [5.41, 5.74) is 0. The van der Waals surface area contributed by atoms with E-state index >= 15 is 0 Å². The van der Waals surface area contributed by atoms with Crippen molar-refractivity contribution in [2.75, 3.05) is 0 Å². The number of hydrogen-bond donors (Lipinski definition) is 2. The maximum absolute atomic E-state index is 5.18. The molecule has 2 aromatic carbocycles. The number of rotatable bonds is 0. The van der Waals surface area contributed by atoms with E-state index in [4.69, 9.17) is 24.4 Å². The number of aromatic nitrogens is 2. The summed E-state index contributed by atoms with van der Waals surface area (Å²) in [5, 5.41) is 7.10. The van der Waals surface area contributed by atoms with Crippen LogP contribution in [0.1, 0.15) is 0 Å². The van der Waals surface area contributed by atoms with Crippen LogP contribution in [0.4, 0.5) is 0 Å². The maximum Gasteiger partial charge on any atom is 0.103 e. The number of H-pyrrole nitrogens is 2. The van der Waals surface area contributed by atoms with Gasteiger partial charge in [-0.15, -0.1) is 0 Å². The Hall–Kier alpha value is -2.04. The summed E-state index contributed by atoms with van der Waals surface area (Å²) in [6.45, 7) is 0. The van der Waals surface area contributed by atoms with Crippen LogP contribution in [0, 0.1) is 9.28 Å². The van der Waals surface area contributed by atoms with Crippen LogP contribution >= 0.6 is 24.4 Å². The number of nitrogens with one attached hydrogen (secondary N) is 2. The summed E-state index contributed by atoms with van der Waals surface area (Å²) in [6.07, 6.45) is 3.97. The minimum atomic E-state index is 0.752. The minimum Gasteiger partial charge on any atom is -0.352 e. The molecule has 4 heteroatoms. The van der Waals surface area contributed by atoms with E-state index < -0.39 is 0 Å². The standard InChI is InChI=1S/C16H10N2S2/c19-15-5-9-1-3-11-12(13(9)7-17-15)4-2-10-6-16(20)18-8-14(10)11/h1-8H,(H,17,19)(H,18,20). The molecule has 0 atom stereocenters. The third-order valence-electron chi connectivity index (χ3n) is 3.64. The average molecular weight is 294 g/mol. The van der Waals surface area contributed by atoms with Crippen LogP contribution in [0.15, 0.2) is 48.8 Å². The van der Waals surface area contributed by atoms with Crippen molar-refractivity contribution in [2.24, 2.45) is 0 Å². The smallest absolute Gasteiger partial charge is 0.103 e. The van der Waals surface area contributed by atoms with E-state index in [1.54, 1.807) is 0 Å². The van der Waals surface area contributed by atoms with Crippen LogP contribution in [-0.4, -0.2) is 9.97 Å². The molecule has 0 saturated heterocycles. The highest BCUT2D eigenvalue weighted by atomic mass is 32.1. The lowest BCUT2D eigenvalue weighted by Crippen LogP contribution is -1.84. The fourth-order valence-electron chi connectivity index (χ4n) is 2.71. The topological polar surface area (TPSA) is 31.6 Å². The molecule has 2 heterocycles. The summed E-state index contributed by atoms with van der Waals surface area (Å²) >= 11 is 10.4. The van der Waals surface area contributed by atoms with Crippen molar-refractivity contribution in [3.8, 4) is 0 Å². The molecule has 20 heavy (non-hydrogen) atoms. The summed E-state index contributed by atoms with van der Waals surface area (Å²) in [7, 11) is 0. The average Bonchev–Trinajstić information content (AvgIpc) is 2.45. The Kier molecular flexibility index (Phi) is 2.49. The van der Waals surface area contributed by atoms with E-state index in [-0.39, 0.29) is 0 Å². The molecule has 0 aliphatic heterocycles. The van der Waals surface area contributed by atoms with Crippen molar-refractivity contribution < 1.29 is 0 Å². The number of pyridine rings is 2. The predicted octanol–water partition coefficient (Wildman–Crippen LogP) is 5.26. The van der Waals surface area contributed by atoms with Gasteiger partial charge in [-0.3, -0.25) is 0 Å². The molecule has 0 amide bonds. The number of benzene rings is 2. The summed E-state index contributed by atoms with van der Waals surface area (Å²) in [4.78, 5) is 6.23. The van der Waals surface area contributed by atoms with E-state index in [0.717, 1.165) is 20.1 Å². The van der Waals surface area contributed by atoms with Gasteiger partial charge in [0.25, 0.3) is 0 Å². The Morgan fingerprint density at radius 3 is 1.50 bits per heavy atom. The van der Waals surface area contributed by atoms with Gasteiger partial charge in [0.15, 0.2) is 0 Å². The first-order valence-electron chi connectivity index (χ1n) is 6.29. The van der Waals surface area contributed by atoms with Gasteiger partial charge in [0.1, 0.15) is 9.28 Å². The van der Waals surface area contributed by atoms with Crippen LogP contribution in [0.5, 0.6) is 0 Å². The zero-order valence-electron chi connectivity index (χ0n) is 10.4. The van der Waals surface area contributed by atoms with Gasteiger partial charge in [-0.05, 0) is 33.7 Å². The molecule has 2 N–H and O–H groups in total. The van der Waals surface area contributed by atoms with Crippen molar-refractivity contribution >= 4 is 56.8 Å². The third-order valence-corrected chi connectivity index (χ3v) is 4.11. The van der Waals surface area contributed by atoms with Crippen molar-refractivity contribution in [1.82, 2.24) is 9.97 Å². The summed E-state index contributed by atoms with van der Waals surface area (Å²) < 4.78 is 1.50. The van der Waals surface area contributed by atoms with Gasteiger partial charge >= 0.3 is 0 Å². The van der Waals surface area contributed by atoms with E-state index in [2.05, 4.69) is 34.2 Å². The van der Waals surface area contributed by atoms with Crippen molar-refractivity contribution in [3.05, 3.63) is 58.1 Å². The van der Waals surface area contributed by atoms with Crippen LogP contribution in [0.3, 0.4) is 0 Å². The Morgan fingerprint density at radius 1 is 0.600 bits per heavy atom. The quantitative estimate of drug-likeness (QED) is 0.342. The molecular formula is C16H10N2S2. The largest absolute Gasteiger partial charge is 0.352 e. The van der Waals surface area contributed by atoms with Gasteiger partial charge in [0.05, 0.1) is 0 Å². The van der Waals surface area contributed by atoms with Gasteiger partial charge in [-0.1, -0.05) is 48.7 Å². The summed E-state index contributed by atoms with van der Waals surface area (Å²) in [5.74, 6) is 0. The van der Waals surface area contributed by atoms with E-state index in [0.29, 0.717) is 0 Å². The van der Waals surface area contributed by atoms with Crippen molar-refractivity contribution in [1.29, 1.82) is 0 Å². The highest BCUT2D eigenvalue weighted by molar-refractivity contribution is 7.71. The molecule has 0 saturated carbocycles. The Bertz CT molecular complexity index is 1000. The zero-order valence-corrected chi connectivity index (χ0v) is 12.1. The first kappa shape index (κ1) is 11.8. The molecule has 0 unspecified atom stereocenters. The van der Waals surface area contributed by atoms with Crippen molar-refractivity contribution in [3.63, 3.8) is 0 Å². The fraction of sp³-hybridized carbons (Fsp3) is 0. The van der Waals surface area contributed by atoms with E-state index in [1.165, 1.54) is 21.5 Å². The zero-order chi connectivity index (χ0) is 13.7. The van der Waals surface area contributed by atoms with Crippen molar-refractivity contribution in [2.45, 2.75) is 0 Å². The molecule has 0 fully saturated rings. The SMILES string of the molecule is S=c1cc2ccc3c4c[nH]c(=S)cc4ccc3c2c[nH]1. The molecule has 4 aromatic rings. The molecule has 0 spiro atoms. The highest BCUT2D eigenvalue weighted by Gasteiger charge is 2.04. The van der Waals surface area contributed by atoms with E-state index in [1.807, 2.05) is 24.5 Å². The first-order valence-corrected chi connectivity index (χ1v) is 7.11. The van der Waals surface area contributed by atoms with Crippen LogP contribution in [0.2, 0.25) is 0 Å². The molecule has 0 bridgehead atoms.